The molecule has 72 valence electrons. The molecule has 1 amide bonds. The number of halogens is 1. The quantitative estimate of drug-likeness (QED) is 0.479. The van der Waals surface area contributed by atoms with Crippen LogP contribution in [0.3, 0.4) is 0 Å². The van der Waals surface area contributed by atoms with E-state index in [1.54, 1.807) is 0 Å². The molecule has 0 aromatic carbocycles. The zero-order chi connectivity index (χ0) is 10.1. The summed E-state index contributed by atoms with van der Waals surface area (Å²) in [5, 5.41) is 2.40. The summed E-state index contributed by atoms with van der Waals surface area (Å²) in [7, 11) is 0. The summed E-state index contributed by atoms with van der Waals surface area (Å²) in [5.74, 6) is 3.41. The van der Waals surface area contributed by atoms with Crippen LogP contribution in [-0.4, -0.2) is 22.8 Å². The largest absolute Gasteiger partial charge is 0.436 e. The lowest BCUT2D eigenvalue weighted by atomic mass is 10.8. The van der Waals surface area contributed by atoms with Crippen molar-refractivity contribution in [1.29, 1.82) is 0 Å². The second-order valence-electron chi connectivity index (χ2n) is 1.69. The Labute approximate surface area is 100 Å². The molecule has 0 aliphatic heterocycles. The molecule has 0 saturated carbocycles. The second kappa shape index (κ2) is 8.59. The third-order valence-corrected chi connectivity index (χ3v) is 2.31. The number of carbonyl (C=O) groups excluding carboxylic acids is 1. The summed E-state index contributed by atoms with van der Waals surface area (Å²) in [6, 6.07) is 0. The summed E-state index contributed by atoms with van der Waals surface area (Å²) < 4.78 is 7.67. The van der Waals surface area contributed by atoms with Gasteiger partial charge in [-0.1, -0.05) is 36.8 Å². The summed E-state index contributed by atoms with van der Waals surface area (Å²) >= 11 is 8.07. The van der Waals surface area contributed by atoms with Gasteiger partial charge in [-0.25, -0.2) is 4.79 Å². The lowest BCUT2D eigenvalue weighted by Crippen LogP contribution is -2.27. The Kier molecular flexibility index (Phi) is 8.59. The molecule has 0 fully saturated rings. The fourth-order valence-corrected chi connectivity index (χ4v) is 1.43. The Balaban J connectivity index is 3.59. The van der Waals surface area contributed by atoms with Gasteiger partial charge in [-0.15, -0.1) is 0 Å². The van der Waals surface area contributed by atoms with Gasteiger partial charge in [0.25, 0.3) is 0 Å². The smallest absolute Gasteiger partial charge is 0.413 e. The van der Waals surface area contributed by atoms with E-state index >= 15 is 0 Å². The summed E-state index contributed by atoms with van der Waals surface area (Å²) in [5.41, 5.74) is 0. The van der Waals surface area contributed by atoms with Crippen molar-refractivity contribution in [1.82, 2.24) is 5.32 Å². The van der Waals surface area contributed by atoms with Crippen molar-refractivity contribution in [2.45, 2.75) is 6.92 Å². The van der Waals surface area contributed by atoms with Crippen molar-refractivity contribution in [2.75, 3.05) is 12.4 Å². The predicted octanol–water partition coefficient (Wildman–Crippen LogP) is 2.15. The predicted molar refractivity (Wildman–Crippen MR) is 67.0 cm³/mol. The van der Waals surface area contributed by atoms with Crippen LogP contribution in [0.4, 0.5) is 4.79 Å². The number of nitrogens with one attached hydrogen (secondary N) is 1. The summed E-state index contributed by atoms with van der Waals surface area (Å²) in [6.45, 7) is 2.04. The lowest BCUT2D eigenvalue weighted by molar-refractivity contribution is 0.166. The maximum Gasteiger partial charge on any atom is 0.413 e. The highest BCUT2D eigenvalue weighted by molar-refractivity contribution is 14.1. The van der Waals surface area contributed by atoms with Gasteiger partial charge in [-0.2, -0.15) is 0 Å². The average Bonchev–Trinajstić information content (AvgIpc) is 2.05. The van der Waals surface area contributed by atoms with Crippen LogP contribution in [-0.2, 0) is 4.74 Å². The minimum absolute atomic E-state index is 0.0914. The maximum atomic E-state index is 10.9. The zero-order valence-electron chi connectivity index (χ0n) is 6.93. The van der Waals surface area contributed by atoms with Crippen LogP contribution in [0.5, 0.6) is 0 Å². The van der Waals surface area contributed by atoms with Crippen molar-refractivity contribution in [2.24, 2.45) is 0 Å². The van der Waals surface area contributed by atoms with Crippen molar-refractivity contribution in [3.63, 3.8) is 0 Å². The molecule has 0 rings (SSSR count). The Morgan fingerprint density at radius 1 is 1.77 bits per heavy atom. The van der Waals surface area contributed by atoms with Crippen LogP contribution in [0.25, 0.3) is 0 Å². The highest BCUT2D eigenvalue weighted by atomic mass is 127. The summed E-state index contributed by atoms with van der Waals surface area (Å²) in [6.07, 6.45) is -0.551. The normalized spacial score (nSPS) is 8.15. The van der Waals surface area contributed by atoms with Crippen LogP contribution in [0.1, 0.15) is 6.92 Å². The van der Waals surface area contributed by atoms with E-state index in [0.29, 0.717) is 4.32 Å². The first-order valence-corrected chi connectivity index (χ1v) is 5.87. The van der Waals surface area contributed by atoms with Gasteiger partial charge < -0.3 is 4.74 Å². The fourth-order valence-electron chi connectivity index (χ4n) is 0.416. The van der Waals surface area contributed by atoms with E-state index in [4.69, 9.17) is 12.2 Å². The molecule has 0 atom stereocenters. The van der Waals surface area contributed by atoms with E-state index < -0.39 is 6.09 Å². The van der Waals surface area contributed by atoms with E-state index in [-0.39, 0.29) is 6.61 Å². The van der Waals surface area contributed by atoms with Crippen molar-refractivity contribution in [3.8, 4) is 9.85 Å². The Morgan fingerprint density at radius 3 is 3.00 bits per heavy atom. The maximum absolute atomic E-state index is 10.9. The van der Waals surface area contributed by atoms with E-state index in [2.05, 4.69) is 19.9 Å². The molecule has 0 aromatic heterocycles. The van der Waals surface area contributed by atoms with E-state index in [0.717, 1.165) is 5.75 Å². The Hall–Kier alpha value is -0.000000000000000111. The number of ether oxygens (including phenoxy) is 1. The van der Waals surface area contributed by atoms with Gasteiger partial charge in [0, 0.05) is 22.6 Å². The number of amides is 1. The first kappa shape index (κ1) is 13.0. The van der Waals surface area contributed by atoms with Crippen LogP contribution < -0.4 is 5.32 Å². The Morgan fingerprint density at radius 2 is 2.46 bits per heavy atom. The van der Waals surface area contributed by atoms with Gasteiger partial charge in [0.1, 0.15) is 4.32 Å². The van der Waals surface area contributed by atoms with E-state index in [9.17, 15) is 4.79 Å². The van der Waals surface area contributed by atoms with Gasteiger partial charge >= 0.3 is 6.09 Å². The van der Waals surface area contributed by atoms with Crippen LogP contribution in [0.15, 0.2) is 0 Å². The van der Waals surface area contributed by atoms with Gasteiger partial charge in [0.05, 0.1) is 0 Å². The molecule has 0 aliphatic carbocycles. The molecule has 6 heteroatoms. The standard InChI is InChI=1S/C7H8INO2S2/c1-2-13-7(12)9-6(10)11-5-3-4-8/h2,5H2,1H3,(H,9,10,12). The molecule has 3 nitrogen and oxygen atoms in total. The molecule has 0 aliphatic rings. The first-order valence-electron chi connectivity index (χ1n) is 3.39. The SMILES string of the molecule is CCSC(=S)NC(=O)OCC#CI. The molecule has 1 N–H and O–H groups in total. The van der Waals surface area contributed by atoms with Crippen molar-refractivity contribution >= 4 is 57.0 Å². The van der Waals surface area contributed by atoms with Crippen molar-refractivity contribution in [3.05, 3.63) is 0 Å². The van der Waals surface area contributed by atoms with Crippen LogP contribution in [0.2, 0.25) is 0 Å². The minimum Gasteiger partial charge on any atom is -0.436 e. The minimum atomic E-state index is -0.551. The molecule has 0 spiro atoms. The van der Waals surface area contributed by atoms with Gasteiger partial charge in [-0.3, -0.25) is 5.32 Å². The first-order chi connectivity index (χ1) is 6.20. The van der Waals surface area contributed by atoms with E-state index in [1.807, 2.05) is 29.5 Å². The summed E-state index contributed by atoms with van der Waals surface area (Å²) in [4.78, 5) is 10.9. The van der Waals surface area contributed by atoms with Crippen LogP contribution in [0, 0.1) is 9.85 Å². The zero-order valence-corrected chi connectivity index (χ0v) is 10.7. The molecule has 0 heterocycles. The molecule has 0 bridgehead atoms. The number of rotatable bonds is 2. The number of hydrogen-bond acceptors (Lipinski definition) is 4. The topological polar surface area (TPSA) is 38.3 Å². The van der Waals surface area contributed by atoms with Gasteiger partial charge in [0.15, 0.2) is 6.61 Å². The molecule has 0 unspecified atom stereocenters. The van der Waals surface area contributed by atoms with Gasteiger partial charge in [0.2, 0.25) is 0 Å². The molecular weight excluding hydrogens is 321 g/mol. The molecule has 13 heavy (non-hydrogen) atoms. The highest BCUT2D eigenvalue weighted by Crippen LogP contribution is 1.99. The third-order valence-electron chi connectivity index (χ3n) is 0.822. The molecule has 0 radical (unpaired) electrons. The lowest BCUT2D eigenvalue weighted by Gasteiger charge is -2.03. The van der Waals surface area contributed by atoms with Gasteiger partial charge in [-0.05, 0) is 9.68 Å². The third kappa shape index (κ3) is 8.33. The van der Waals surface area contributed by atoms with Crippen molar-refractivity contribution < 1.29 is 9.53 Å². The number of alkyl carbamates (subject to hydrolysis) is 1. The Bertz CT molecular complexity index is 247. The monoisotopic (exact) mass is 329 g/mol. The number of thiocarbonyl (C=S) groups is 1. The highest BCUT2D eigenvalue weighted by Gasteiger charge is 2.03. The van der Waals surface area contributed by atoms with E-state index in [1.165, 1.54) is 11.8 Å². The fraction of sp³-hybridized carbons (Fsp3) is 0.429. The number of carbonyl (C=O) groups is 1. The van der Waals surface area contributed by atoms with Crippen LogP contribution >= 0.6 is 46.6 Å². The molecular formula is C7H8INO2S2. The number of thioether (sulfide) groups is 1. The number of hydrogen-bond donors (Lipinski definition) is 1. The molecule has 0 saturated heterocycles. The second-order valence-corrected chi connectivity index (χ2v) is 4.17. The molecule has 0 aromatic rings. The average molecular weight is 329 g/mol.